The van der Waals surface area contributed by atoms with Crippen LogP contribution in [0.1, 0.15) is 34.6 Å². The molecule has 0 bridgehead atoms. The second kappa shape index (κ2) is 3.97. The van der Waals surface area contributed by atoms with Crippen LogP contribution in [0.3, 0.4) is 0 Å². The van der Waals surface area contributed by atoms with Crippen LogP contribution in [0.2, 0.25) is 0 Å². The van der Waals surface area contributed by atoms with Gasteiger partial charge < -0.3 is 4.74 Å². The Balaban J connectivity index is 3.52. The summed E-state index contributed by atoms with van der Waals surface area (Å²) >= 11 is 0. The summed E-state index contributed by atoms with van der Waals surface area (Å²) in [5.74, 6) is 0.646. The van der Waals surface area contributed by atoms with E-state index in [9.17, 15) is 0 Å². The van der Waals surface area contributed by atoms with E-state index in [0.29, 0.717) is 11.3 Å². The molecule has 0 rings (SSSR count). The summed E-state index contributed by atoms with van der Waals surface area (Å²) in [6.07, 6.45) is 0. The summed E-state index contributed by atoms with van der Waals surface area (Å²) in [7, 11) is 0. The molecule has 0 fully saturated rings. The number of hydrogen-bond acceptors (Lipinski definition) is 1. The normalized spacial score (nSPS) is 15.3. The van der Waals surface area contributed by atoms with Gasteiger partial charge in [-0.1, -0.05) is 27.7 Å². The van der Waals surface area contributed by atoms with Gasteiger partial charge in [0.1, 0.15) is 0 Å². The lowest BCUT2D eigenvalue weighted by Crippen LogP contribution is -2.22. The first kappa shape index (κ1) is 9.96. The Labute approximate surface area is 64.8 Å². The van der Waals surface area contributed by atoms with E-state index in [1.54, 1.807) is 0 Å². The number of hydrogen-bond donors (Lipinski definition) is 0. The van der Waals surface area contributed by atoms with Gasteiger partial charge in [0.2, 0.25) is 0 Å². The highest BCUT2D eigenvalue weighted by Crippen LogP contribution is 2.24. The van der Waals surface area contributed by atoms with E-state index in [-0.39, 0.29) is 0 Å². The van der Waals surface area contributed by atoms with Crippen molar-refractivity contribution < 1.29 is 4.74 Å². The zero-order valence-electron chi connectivity index (χ0n) is 7.90. The molecular formula is C9H20O. The van der Waals surface area contributed by atoms with Crippen molar-refractivity contribution in [3.63, 3.8) is 0 Å². The summed E-state index contributed by atoms with van der Waals surface area (Å²) in [6.45, 7) is 12.7. The van der Waals surface area contributed by atoms with E-state index in [1.165, 1.54) is 0 Å². The SMILES string of the molecule is CCOC[C@H](C)C(C)(C)C. The van der Waals surface area contributed by atoms with Crippen LogP contribution in [0.4, 0.5) is 0 Å². The van der Waals surface area contributed by atoms with Crippen LogP contribution >= 0.6 is 0 Å². The lowest BCUT2D eigenvalue weighted by atomic mass is 9.83. The molecule has 0 saturated heterocycles. The van der Waals surface area contributed by atoms with Gasteiger partial charge in [-0.15, -0.1) is 0 Å². The summed E-state index contributed by atoms with van der Waals surface area (Å²) in [5.41, 5.74) is 0.384. The van der Waals surface area contributed by atoms with Gasteiger partial charge in [-0.05, 0) is 18.3 Å². The van der Waals surface area contributed by atoms with Crippen molar-refractivity contribution in [3.8, 4) is 0 Å². The van der Waals surface area contributed by atoms with Crippen LogP contribution < -0.4 is 0 Å². The van der Waals surface area contributed by atoms with Gasteiger partial charge in [-0.2, -0.15) is 0 Å². The van der Waals surface area contributed by atoms with Crippen molar-refractivity contribution in [1.82, 2.24) is 0 Å². The van der Waals surface area contributed by atoms with Gasteiger partial charge in [0.05, 0.1) is 0 Å². The third-order valence-electron chi connectivity index (χ3n) is 2.05. The number of rotatable bonds is 3. The molecule has 0 aliphatic carbocycles. The first-order valence-corrected chi connectivity index (χ1v) is 4.06. The maximum absolute atomic E-state index is 5.32. The molecule has 0 N–H and O–H groups in total. The fourth-order valence-electron chi connectivity index (χ4n) is 0.545. The van der Waals surface area contributed by atoms with Crippen LogP contribution in [0.25, 0.3) is 0 Å². The van der Waals surface area contributed by atoms with Crippen molar-refractivity contribution >= 4 is 0 Å². The summed E-state index contributed by atoms with van der Waals surface area (Å²) in [5, 5.41) is 0. The average molecular weight is 144 g/mol. The molecule has 0 saturated carbocycles. The third kappa shape index (κ3) is 3.89. The Bertz CT molecular complexity index is 81.2. The second-order valence-corrected chi connectivity index (χ2v) is 3.93. The van der Waals surface area contributed by atoms with Crippen LogP contribution in [0.5, 0.6) is 0 Å². The van der Waals surface area contributed by atoms with E-state index in [1.807, 2.05) is 6.92 Å². The zero-order valence-corrected chi connectivity index (χ0v) is 7.90. The molecule has 0 aromatic rings. The Hall–Kier alpha value is -0.0400. The molecule has 0 amide bonds. The predicted molar refractivity (Wildman–Crippen MR) is 45.1 cm³/mol. The maximum Gasteiger partial charge on any atom is 0.0496 e. The standard InChI is InChI=1S/C9H20O/c1-6-10-7-8(2)9(3,4)5/h8H,6-7H2,1-5H3/t8-/m0/s1. The molecule has 10 heavy (non-hydrogen) atoms. The lowest BCUT2D eigenvalue weighted by Gasteiger charge is -2.26. The van der Waals surface area contributed by atoms with Gasteiger partial charge in [0.15, 0.2) is 0 Å². The topological polar surface area (TPSA) is 9.23 Å². The highest BCUT2D eigenvalue weighted by molar-refractivity contribution is 4.68. The first-order chi connectivity index (χ1) is 4.48. The monoisotopic (exact) mass is 144 g/mol. The molecule has 0 unspecified atom stereocenters. The fraction of sp³-hybridized carbons (Fsp3) is 1.00. The van der Waals surface area contributed by atoms with Crippen LogP contribution in [-0.4, -0.2) is 13.2 Å². The van der Waals surface area contributed by atoms with E-state index in [2.05, 4.69) is 27.7 Å². The average Bonchev–Trinajstić information content (AvgIpc) is 1.80. The van der Waals surface area contributed by atoms with Gasteiger partial charge in [-0.25, -0.2) is 0 Å². The van der Waals surface area contributed by atoms with Crippen molar-refractivity contribution in [2.24, 2.45) is 11.3 Å². The molecule has 0 aromatic heterocycles. The minimum Gasteiger partial charge on any atom is -0.381 e. The van der Waals surface area contributed by atoms with E-state index >= 15 is 0 Å². The highest BCUT2D eigenvalue weighted by Gasteiger charge is 2.19. The summed E-state index contributed by atoms with van der Waals surface area (Å²) in [6, 6.07) is 0. The summed E-state index contributed by atoms with van der Waals surface area (Å²) < 4.78 is 5.32. The van der Waals surface area contributed by atoms with Gasteiger partial charge >= 0.3 is 0 Å². The van der Waals surface area contributed by atoms with Crippen LogP contribution in [-0.2, 0) is 4.74 Å². The molecule has 1 heteroatoms. The second-order valence-electron chi connectivity index (χ2n) is 3.93. The molecule has 1 atom stereocenters. The predicted octanol–water partition coefficient (Wildman–Crippen LogP) is 2.71. The maximum atomic E-state index is 5.32. The Morgan fingerprint density at radius 2 is 1.80 bits per heavy atom. The van der Waals surface area contributed by atoms with Gasteiger partial charge in [0, 0.05) is 13.2 Å². The zero-order chi connectivity index (χ0) is 8.20. The molecule has 0 aromatic carbocycles. The van der Waals surface area contributed by atoms with Crippen molar-refractivity contribution in [2.45, 2.75) is 34.6 Å². The third-order valence-corrected chi connectivity index (χ3v) is 2.05. The van der Waals surface area contributed by atoms with E-state index in [4.69, 9.17) is 4.74 Å². The molecule has 0 radical (unpaired) electrons. The molecule has 0 aliphatic heterocycles. The largest absolute Gasteiger partial charge is 0.381 e. The lowest BCUT2D eigenvalue weighted by molar-refractivity contribution is 0.0719. The number of ether oxygens (including phenoxy) is 1. The Kier molecular flexibility index (Phi) is 3.95. The minimum absolute atomic E-state index is 0.384. The molecule has 0 aliphatic rings. The highest BCUT2D eigenvalue weighted by atomic mass is 16.5. The Morgan fingerprint density at radius 1 is 1.30 bits per heavy atom. The van der Waals surface area contributed by atoms with Crippen molar-refractivity contribution in [2.75, 3.05) is 13.2 Å². The Morgan fingerprint density at radius 3 is 2.10 bits per heavy atom. The molecular weight excluding hydrogens is 124 g/mol. The molecule has 0 heterocycles. The molecule has 62 valence electrons. The molecule has 0 spiro atoms. The fourth-order valence-corrected chi connectivity index (χ4v) is 0.545. The van der Waals surface area contributed by atoms with E-state index < -0.39 is 0 Å². The van der Waals surface area contributed by atoms with Crippen molar-refractivity contribution in [3.05, 3.63) is 0 Å². The minimum atomic E-state index is 0.384. The first-order valence-electron chi connectivity index (χ1n) is 4.06. The van der Waals surface area contributed by atoms with Crippen LogP contribution in [0, 0.1) is 11.3 Å². The van der Waals surface area contributed by atoms with Gasteiger partial charge in [-0.3, -0.25) is 0 Å². The van der Waals surface area contributed by atoms with Crippen LogP contribution in [0.15, 0.2) is 0 Å². The quantitative estimate of drug-likeness (QED) is 0.591. The molecule has 1 nitrogen and oxygen atoms in total. The smallest absolute Gasteiger partial charge is 0.0496 e. The summed E-state index contributed by atoms with van der Waals surface area (Å²) in [4.78, 5) is 0. The van der Waals surface area contributed by atoms with Gasteiger partial charge in [0.25, 0.3) is 0 Å². The van der Waals surface area contributed by atoms with E-state index in [0.717, 1.165) is 13.2 Å². The van der Waals surface area contributed by atoms with Crippen molar-refractivity contribution in [1.29, 1.82) is 0 Å².